The van der Waals surface area contributed by atoms with E-state index in [0.717, 1.165) is 22.9 Å². The molecule has 3 heterocycles. The van der Waals surface area contributed by atoms with Crippen LogP contribution in [0.3, 0.4) is 0 Å². The maximum Gasteiger partial charge on any atom is 0.239 e. The van der Waals surface area contributed by atoms with Crippen molar-refractivity contribution in [3.63, 3.8) is 0 Å². The number of nitrogens with zero attached hydrogens (tertiary/aromatic N) is 4. The van der Waals surface area contributed by atoms with Gasteiger partial charge in [0.05, 0.1) is 18.8 Å². The summed E-state index contributed by atoms with van der Waals surface area (Å²) in [6, 6.07) is 1.86. The number of nitrogens with one attached hydrogen (secondary N) is 1. The molecule has 1 N–H and O–H groups in total. The van der Waals surface area contributed by atoms with Crippen LogP contribution in [0.4, 0.5) is 5.82 Å². The summed E-state index contributed by atoms with van der Waals surface area (Å²) in [6.07, 6.45) is -0.0470. The summed E-state index contributed by atoms with van der Waals surface area (Å²) < 4.78 is 7.46. The molecule has 8 heteroatoms. The molecule has 0 saturated carbocycles. The molecule has 1 saturated heterocycles. The third-order valence-corrected chi connectivity index (χ3v) is 4.75. The van der Waals surface area contributed by atoms with Gasteiger partial charge in [0.1, 0.15) is 16.9 Å². The highest BCUT2D eigenvalue weighted by Crippen LogP contribution is 2.25. The molecule has 124 valence electrons. The van der Waals surface area contributed by atoms with E-state index in [-0.39, 0.29) is 12.0 Å². The van der Waals surface area contributed by atoms with Gasteiger partial charge in [-0.2, -0.15) is 5.10 Å². The lowest BCUT2D eigenvalue weighted by Crippen LogP contribution is -2.42. The van der Waals surface area contributed by atoms with Gasteiger partial charge in [0.2, 0.25) is 5.91 Å². The molecule has 1 aliphatic rings. The maximum atomic E-state index is 12.2. The van der Waals surface area contributed by atoms with E-state index >= 15 is 0 Å². The fraction of sp³-hybridized carbons (Fsp3) is 0.533. The molecular weight excluding hydrogens is 314 g/mol. The standard InChI is InChI=1S/C15H21N5O2S/c1-10-6-13(19(3)18-10)17-14(21)8-20-4-5-22-12(7-20)15-16-11(2)9-23-15/h6,9,12H,4-5,7-8H2,1-3H3,(H,17,21)/t12-/m0/s1. The van der Waals surface area contributed by atoms with Crippen molar-refractivity contribution >= 4 is 23.1 Å². The number of morpholine rings is 1. The normalized spacial score (nSPS) is 19.0. The van der Waals surface area contributed by atoms with E-state index in [1.807, 2.05) is 32.3 Å². The van der Waals surface area contributed by atoms with Crippen molar-refractivity contribution in [3.05, 3.63) is 27.8 Å². The van der Waals surface area contributed by atoms with Crippen molar-refractivity contribution in [2.24, 2.45) is 7.05 Å². The Morgan fingerprint density at radius 2 is 2.30 bits per heavy atom. The van der Waals surface area contributed by atoms with Crippen LogP contribution in [0.2, 0.25) is 0 Å². The Hall–Kier alpha value is -1.77. The first-order chi connectivity index (χ1) is 11.0. The maximum absolute atomic E-state index is 12.2. The second-order valence-corrected chi connectivity index (χ2v) is 6.65. The lowest BCUT2D eigenvalue weighted by Gasteiger charge is -2.31. The van der Waals surface area contributed by atoms with Gasteiger partial charge in [0, 0.05) is 37.3 Å². The highest BCUT2D eigenvalue weighted by atomic mass is 32.1. The van der Waals surface area contributed by atoms with Gasteiger partial charge in [-0.05, 0) is 13.8 Å². The van der Waals surface area contributed by atoms with Gasteiger partial charge >= 0.3 is 0 Å². The Balaban J connectivity index is 1.57. The van der Waals surface area contributed by atoms with Crippen LogP contribution in [0.5, 0.6) is 0 Å². The lowest BCUT2D eigenvalue weighted by atomic mass is 10.2. The molecule has 1 aliphatic heterocycles. The minimum Gasteiger partial charge on any atom is -0.368 e. The van der Waals surface area contributed by atoms with Crippen LogP contribution in [-0.4, -0.2) is 51.8 Å². The number of hydrogen-bond acceptors (Lipinski definition) is 6. The molecule has 1 amide bonds. The molecule has 0 spiro atoms. The van der Waals surface area contributed by atoms with Crippen LogP contribution in [0.1, 0.15) is 22.5 Å². The SMILES string of the molecule is Cc1csc([C@@H]2CN(CC(=O)Nc3cc(C)nn3C)CCO2)n1. The van der Waals surface area contributed by atoms with E-state index in [4.69, 9.17) is 4.74 Å². The van der Waals surface area contributed by atoms with Gasteiger partial charge in [-0.1, -0.05) is 0 Å². The van der Waals surface area contributed by atoms with Crippen molar-refractivity contribution < 1.29 is 9.53 Å². The topological polar surface area (TPSA) is 72.3 Å². The predicted octanol–water partition coefficient (Wildman–Crippen LogP) is 1.51. The van der Waals surface area contributed by atoms with Gasteiger partial charge in [0.15, 0.2) is 0 Å². The number of rotatable bonds is 4. The number of aromatic nitrogens is 3. The average Bonchev–Trinajstić information content (AvgIpc) is 3.05. The fourth-order valence-corrected chi connectivity index (χ4v) is 3.46. The Bertz CT molecular complexity index is 696. The monoisotopic (exact) mass is 335 g/mol. The molecule has 7 nitrogen and oxygen atoms in total. The molecule has 1 fully saturated rings. The number of carbonyl (C=O) groups is 1. The summed E-state index contributed by atoms with van der Waals surface area (Å²) in [6.45, 7) is 6.27. The van der Waals surface area contributed by atoms with E-state index in [1.165, 1.54) is 0 Å². The zero-order chi connectivity index (χ0) is 16.4. The Kier molecular flexibility index (Phi) is 4.74. The quantitative estimate of drug-likeness (QED) is 0.917. The third-order valence-electron chi connectivity index (χ3n) is 3.70. The van der Waals surface area contributed by atoms with Crippen LogP contribution >= 0.6 is 11.3 Å². The van der Waals surface area contributed by atoms with Crippen molar-refractivity contribution in [1.29, 1.82) is 0 Å². The van der Waals surface area contributed by atoms with Crippen LogP contribution < -0.4 is 5.32 Å². The summed E-state index contributed by atoms with van der Waals surface area (Å²) in [5.41, 5.74) is 1.89. The van der Waals surface area contributed by atoms with Crippen LogP contribution in [-0.2, 0) is 16.6 Å². The van der Waals surface area contributed by atoms with Crippen LogP contribution in [0.15, 0.2) is 11.4 Å². The summed E-state index contributed by atoms with van der Waals surface area (Å²) in [5.74, 6) is 0.678. The van der Waals surface area contributed by atoms with Crippen molar-refractivity contribution in [2.45, 2.75) is 20.0 Å². The third kappa shape index (κ3) is 3.95. The van der Waals surface area contributed by atoms with Gasteiger partial charge in [-0.15, -0.1) is 11.3 Å². The molecule has 0 aliphatic carbocycles. The second-order valence-electron chi connectivity index (χ2n) is 5.76. The molecular formula is C15H21N5O2S. The largest absolute Gasteiger partial charge is 0.368 e. The number of carbonyl (C=O) groups excluding carboxylic acids is 1. The number of aryl methyl sites for hydroxylation is 3. The molecule has 1 atom stereocenters. The van der Waals surface area contributed by atoms with Gasteiger partial charge in [-0.25, -0.2) is 4.98 Å². The number of thiazole rings is 1. The van der Waals surface area contributed by atoms with E-state index in [2.05, 4.69) is 20.3 Å². The van der Waals surface area contributed by atoms with Crippen LogP contribution in [0.25, 0.3) is 0 Å². The highest BCUT2D eigenvalue weighted by Gasteiger charge is 2.25. The van der Waals surface area contributed by atoms with Gasteiger partial charge in [0.25, 0.3) is 0 Å². The zero-order valence-electron chi connectivity index (χ0n) is 13.6. The summed E-state index contributed by atoms with van der Waals surface area (Å²) in [7, 11) is 1.82. The summed E-state index contributed by atoms with van der Waals surface area (Å²) in [5, 5.41) is 10.1. The minimum absolute atomic E-state index is 0.0380. The van der Waals surface area contributed by atoms with Crippen LogP contribution in [0, 0.1) is 13.8 Å². The lowest BCUT2D eigenvalue weighted by molar-refractivity contribution is -0.119. The molecule has 0 bridgehead atoms. The number of hydrogen-bond donors (Lipinski definition) is 1. The molecule has 0 radical (unpaired) electrons. The van der Waals surface area contributed by atoms with E-state index in [9.17, 15) is 4.79 Å². The summed E-state index contributed by atoms with van der Waals surface area (Å²) in [4.78, 5) is 18.8. The first-order valence-electron chi connectivity index (χ1n) is 7.58. The second kappa shape index (κ2) is 6.77. The van der Waals surface area contributed by atoms with Crippen molar-refractivity contribution in [2.75, 3.05) is 31.6 Å². The fourth-order valence-electron chi connectivity index (χ4n) is 2.63. The van der Waals surface area contributed by atoms with Crippen molar-refractivity contribution in [1.82, 2.24) is 19.7 Å². The van der Waals surface area contributed by atoms with E-state index < -0.39 is 0 Å². The Morgan fingerprint density at radius 1 is 1.48 bits per heavy atom. The molecule has 0 aromatic carbocycles. The molecule has 2 aromatic heterocycles. The smallest absolute Gasteiger partial charge is 0.239 e. The number of anilines is 1. The molecule has 23 heavy (non-hydrogen) atoms. The molecule has 2 aromatic rings. The van der Waals surface area contributed by atoms with E-state index in [1.54, 1.807) is 16.0 Å². The summed E-state index contributed by atoms with van der Waals surface area (Å²) >= 11 is 1.61. The minimum atomic E-state index is -0.0470. The van der Waals surface area contributed by atoms with Gasteiger partial charge < -0.3 is 10.1 Å². The first kappa shape index (κ1) is 16.1. The number of ether oxygens (including phenoxy) is 1. The molecule has 3 rings (SSSR count). The van der Waals surface area contributed by atoms with E-state index in [0.29, 0.717) is 25.5 Å². The first-order valence-corrected chi connectivity index (χ1v) is 8.45. The Morgan fingerprint density at radius 3 is 2.96 bits per heavy atom. The number of amides is 1. The van der Waals surface area contributed by atoms with Crippen molar-refractivity contribution in [3.8, 4) is 0 Å². The highest BCUT2D eigenvalue weighted by molar-refractivity contribution is 7.09. The predicted molar refractivity (Wildman–Crippen MR) is 88.6 cm³/mol. The average molecular weight is 335 g/mol. The van der Waals surface area contributed by atoms with Gasteiger partial charge in [-0.3, -0.25) is 14.4 Å². The molecule has 0 unspecified atom stereocenters. The Labute approximate surface area is 139 Å². The zero-order valence-corrected chi connectivity index (χ0v) is 14.4.